The average Bonchev–Trinajstić information content (AvgIpc) is 2.23. The summed E-state index contributed by atoms with van der Waals surface area (Å²) in [4.78, 5) is 0. The standard InChI is InChI=1S/C12H16FNO2S/c1-12(2,3)17(15)14-8-9-5-10(13)7-11(6-9)16-4/h5-8H,1-4H3/b14-8-. The minimum atomic E-state index is -1.35. The van der Waals surface area contributed by atoms with E-state index in [1.165, 1.54) is 25.5 Å². The van der Waals surface area contributed by atoms with Crippen molar-refractivity contribution in [2.45, 2.75) is 25.5 Å². The largest absolute Gasteiger partial charge is 0.591 e. The Morgan fingerprint density at radius 3 is 2.53 bits per heavy atom. The van der Waals surface area contributed by atoms with Crippen molar-refractivity contribution >= 4 is 17.6 Å². The van der Waals surface area contributed by atoms with Crippen LogP contribution in [-0.2, 0) is 11.4 Å². The monoisotopic (exact) mass is 257 g/mol. The van der Waals surface area contributed by atoms with Gasteiger partial charge in [0.25, 0.3) is 0 Å². The maximum absolute atomic E-state index is 13.2. The SMILES string of the molecule is COc1cc(F)cc(/C=N\[S+]([O-])C(C)(C)C)c1. The van der Waals surface area contributed by atoms with E-state index in [1.807, 2.05) is 20.8 Å². The van der Waals surface area contributed by atoms with E-state index in [4.69, 9.17) is 4.74 Å². The molecule has 0 aliphatic heterocycles. The molecule has 0 bridgehead atoms. The van der Waals surface area contributed by atoms with Crippen LogP contribution in [0.1, 0.15) is 26.3 Å². The van der Waals surface area contributed by atoms with E-state index in [1.54, 1.807) is 6.07 Å². The molecule has 1 atom stereocenters. The number of hydrogen-bond donors (Lipinski definition) is 0. The number of halogens is 1. The molecule has 5 heteroatoms. The van der Waals surface area contributed by atoms with E-state index < -0.39 is 21.9 Å². The Hall–Kier alpha value is -1.07. The summed E-state index contributed by atoms with van der Waals surface area (Å²) in [6.45, 7) is 5.48. The van der Waals surface area contributed by atoms with E-state index in [9.17, 15) is 8.94 Å². The summed E-state index contributed by atoms with van der Waals surface area (Å²) in [7, 11) is 1.46. The van der Waals surface area contributed by atoms with Crippen molar-refractivity contribution < 1.29 is 13.7 Å². The summed E-state index contributed by atoms with van der Waals surface area (Å²) < 4.78 is 33.2. The van der Waals surface area contributed by atoms with Crippen LogP contribution in [-0.4, -0.2) is 22.6 Å². The summed E-state index contributed by atoms with van der Waals surface area (Å²) in [5.74, 6) is 0.000307. The molecule has 1 unspecified atom stereocenters. The molecule has 1 rings (SSSR count). The lowest BCUT2D eigenvalue weighted by molar-refractivity contribution is 0.411. The molecule has 94 valence electrons. The van der Waals surface area contributed by atoms with Gasteiger partial charge in [0.05, 0.1) is 13.3 Å². The minimum Gasteiger partial charge on any atom is -0.591 e. The lowest BCUT2D eigenvalue weighted by atomic mass is 10.2. The van der Waals surface area contributed by atoms with Crippen LogP contribution in [0.15, 0.2) is 22.6 Å². The maximum atomic E-state index is 13.2. The average molecular weight is 257 g/mol. The van der Waals surface area contributed by atoms with Gasteiger partial charge in [-0.3, -0.25) is 0 Å². The first-order valence-electron chi connectivity index (χ1n) is 5.13. The molecule has 0 spiro atoms. The van der Waals surface area contributed by atoms with E-state index in [0.29, 0.717) is 11.3 Å². The van der Waals surface area contributed by atoms with Crippen molar-refractivity contribution in [1.82, 2.24) is 0 Å². The Balaban J connectivity index is 2.88. The normalized spacial score (nSPS) is 14.0. The number of methoxy groups -OCH3 is 1. The first-order valence-corrected chi connectivity index (χ1v) is 6.24. The number of hydrogen-bond acceptors (Lipinski definition) is 3. The molecular formula is C12H16FNO2S. The second-order valence-corrected chi connectivity index (χ2v) is 6.45. The van der Waals surface area contributed by atoms with Gasteiger partial charge in [-0.1, -0.05) is 4.40 Å². The third-order valence-corrected chi connectivity index (χ3v) is 3.30. The lowest BCUT2D eigenvalue weighted by Gasteiger charge is -2.17. The van der Waals surface area contributed by atoms with Crippen molar-refractivity contribution in [2.75, 3.05) is 7.11 Å². The maximum Gasteiger partial charge on any atom is 0.144 e. The second-order valence-electron chi connectivity index (χ2n) is 4.52. The van der Waals surface area contributed by atoms with E-state index in [0.717, 1.165) is 0 Å². The highest BCUT2D eigenvalue weighted by atomic mass is 32.2. The fourth-order valence-corrected chi connectivity index (χ4v) is 1.58. The molecule has 0 fully saturated rings. The second kappa shape index (κ2) is 5.51. The Labute approximate surface area is 104 Å². The Kier molecular flexibility index (Phi) is 4.54. The number of rotatable bonds is 3. The summed E-state index contributed by atoms with van der Waals surface area (Å²) >= 11 is -1.35. The molecule has 17 heavy (non-hydrogen) atoms. The van der Waals surface area contributed by atoms with Gasteiger partial charge in [-0.2, -0.15) is 0 Å². The lowest BCUT2D eigenvalue weighted by Crippen LogP contribution is -2.25. The van der Waals surface area contributed by atoms with Crippen LogP contribution in [0.5, 0.6) is 5.75 Å². The number of nitrogens with zero attached hydrogens (tertiary/aromatic N) is 1. The van der Waals surface area contributed by atoms with Crippen LogP contribution in [0.25, 0.3) is 0 Å². The van der Waals surface area contributed by atoms with Crippen molar-refractivity contribution in [1.29, 1.82) is 0 Å². The molecule has 0 aromatic heterocycles. The zero-order chi connectivity index (χ0) is 13.1. The van der Waals surface area contributed by atoms with Gasteiger partial charge < -0.3 is 9.29 Å². The molecule has 0 saturated heterocycles. The molecule has 0 saturated carbocycles. The first kappa shape index (κ1) is 14.0. The van der Waals surface area contributed by atoms with Gasteiger partial charge in [-0.25, -0.2) is 4.39 Å². The third-order valence-electron chi connectivity index (χ3n) is 1.95. The van der Waals surface area contributed by atoms with Gasteiger partial charge in [0, 0.05) is 11.6 Å². The van der Waals surface area contributed by atoms with Crippen LogP contribution >= 0.6 is 0 Å². The zero-order valence-corrected chi connectivity index (χ0v) is 11.2. The highest BCUT2D eigenvalue weighted by Crippen LogP contribution is 2.18. The Morgan fingerprint density at radius 2 is 2.00 bits per heavy atom. The van der Waals surface area contributed by atoms with Crippen LogP contribution < -0.4 is 4.74 Å². The van der Waals surface area contributed by atoms with Gasteiger partial charge in [0.15, 0.2) is 0 Å². The van der Waals surface area contributed by atoms with Gasteiger partial charge >= 0.3 is 0 Å². The fraction of sp³-hybridized carbons (Fsp3) is 0.417. The molecule has 0 amide bonds. The molecule has 0 aliphatic carbocycles. The van der Waals surface area contributed by atoms with Crippen molar-refractivity contribution in [3.05, 3.63) is 29.6 Å². The summed E-state index contributed by atoms with van der Waals surface area (Å²) in [6.07, 6.45) is 1.40. The summed E-state index contributed by atoms with van der Waals surface area (Å²) in [6, 6.07) is 4.22. The van der Waals surface area contributed by atoms with Crippen LogP contribution in [0.4, 0.5) is 4.39 Å². The topological polar surface area (TPSA) is 44.6 Å². The van der Waals surface area contributed by atoms with Crippen LogP contribution in [0.3, 0.4) is 0 Å². The third kappa shape index (κ3) is 4.36. The van der Waals surface area contributed by atoms with Gasteiger partial charge in [-0.15, -0.1) is 0 Å². The van der Waals surface area contributed by atoms with E-state index in [2.05, 4.69) is 4.40 Å². The molecular weight excluding hydrogens is 241 g/mol. The van der Waals surface area contributed by atoms with Gasteiger partial charge in [-0.05, 0) is 32.9 Å². The Morgan fingerprint density at radius 1 is 1.35 bits per heavy atom. The van der Waals surface area contributed by atoms with Crippen molar-refractivity contribution in [2.24, 2.45) is 4.40 Å². The Bertz CT molecular complexity index is 415. The molecule has 0 heterocycles. The van der Waals surface area contributed by atoms with Gasteiger partial charge in [0.2, 0.25) is 0 Å². The molecule has 0 radical (unpaired) electrons. The van der Waals surface area contributed by atoms with Crippen molar-refractivity contribution in [3.8, 4) is 5.75 Å². The quantitative estimate of drug-likeness (QED) is 0.617. The van der Waals surface area contributed by atoms with Crippen molar-refractivity contribution in [3.63, 3.8) is 0 Å². The number of benzene rings is 1. The summed E-state index contributed by atoms with van der Waals surface area (Å²) in [5.41, 5.74) is 0.527. The smallest absolute Gasteiger partial charge is 0.144 e. The highest BCUT2D eigenvalue weighted by Gasteiger charge is 2.25. The predicted octanol–water partition coefficient (Wildman–Crippen LogP) is 2.72. The van der Waals surface area contributed by atoms with Gasteiger partial charge in [0.1, 0.15) is 27.7 Å². The fourth-order valence-electron chi connectivity index (χ4n) is 1.04. The van der Waals surface area contributed by atoms with Crippen LogP contribution in [0.2, 0.25) is 0 Å². The highest BCUT2D eigenvalue weighted by molar-refractivity contribution is 7.91. The van der Waals surface area contributed by atoms with E-state index in [-0.39, 0.29) is 0 Å². The summed E-state index contributed by atoms with van der Waals surface area (Å²) in [5, 5.41) is 0. The first-order chi connectivity index (χ1) is 7.82. The predicted molar refractivity (Wildman–Crippen MR) is 68.4 cm³/mol. The minimum absolute atomic E-state index is 0.410. The van der Waals surface area contributed by atoms with Crippen LogP contribution in [0, 0.1) is 5.82 Å². The molecule has 1 aromatic carbocycles. The number of ether oxygens (including phenoxy) is 1. The molecule has 0 N–H and O–H groups in total. The zero-order valence-electron chi connectivity index (χ0n) is 10.4. The molecule has 0 aliphatic rings. The van der Waals surface area contributed by atoms with E-state index >= 15 is 0 Å². The molecule has 3 nitrogen and oxygen atoms in total. The molecule has 1 aromatic rings.